The van der Waals surface area contributed by atoms with Gasteiger partial charge in [-0.15, -0.1) is 6.42 Å². The van der Waals surface area contributed by atoms with E-state index in [-0.39, 0.29) is 30.7 Å². The quantitative estimate of drug-likeness (QED) is 0.712. The largest absolute Gasteiger partial charge is 0.325 e. The zero-order valence-corrected chi connectivity index (χ0v) is 11.8. The van der Waals surface area contributed by atoms with Gasteiger partial charge >= 0.3 is 0 Å². The molecule has 2 aliphatic carbocycles. The summed E-state index contributed by atoms with van der Waals surface area (Å²) in [5.41, 5.74) is 0. The molecule has 0 spiro atoms. The zero-order valence-electron chi connectivity index (χ0n) is 11.8. The third-order valence-electron chi connectivity index (χ3n) is 5.44. The van der Waals surface area contributed by atoms with Crippen LogP contribution in [0.15, 0.2) is 0 Å². The Kier molecular flexibility index (Phi) is 3.27. The van der Waals surface area contributed by atoms with E-state index in [0.29, 0.717) is 37.1 Å². The Bertz CT molecular complexity index is 446. The Labute approximate surface area is 118 Å². The van der Waals surface area contributed by atoms with Crippen LogP contribution in [0.4, 0.5) is 8.78 Å². The molecule has 1 heterocycles. The number of rotatable bonds is 2. The van der Waals surface area contributed by atoms with Crippen LogP contribution < -0.4 is 0 Å². The first-order valence-corrected chi connectivity index (χ1v) is 7.58. The fourth-order valence-corrected chi connectivity index (χ4v) is 4.06. The second-order valence-electron chi connectivity index (χ2n) is 6.74. The molecule has 0 bridgehead atoms. The summed E-state index contributed by atoms with van der Waals surface area (Å²) in [5, 5.41) is 0. The minimum absolute atomic E-state index is 0.0706. The summed E-state index contributed by atoms with van der Waals surface area (Å²) in [4.78, 5) is 14.3. The van der Waals surface area contributed by atoms with Gasteiger partial charge < -0.3 is 4.90 Å². The van der Waals surface area contributed by atoms with Crippen LogP contribution in [0, 0.1) is 30.1 Å². The Morgan fingerprint density at radius 3 is 2.65 bits per heavy atom. The SMILES string of the molecule is C#CC1CC2C(C)C2N1C(=O)CC1CCC(F)(F)CC1. The number of alkyl halides is 2. The lowest BCUT2D eigenvalue weighted by molar-refractivity contribution is -0.134. The van der Waals surface area contributed by atoms with E-state index in [1.54, 1.807) is 0 Å². The first-order valence-electron chi connectivity index (χ1n) is 7.58. The van der Waals surface area contributed by atoms with E-state index in [1.807, 2.05) is 4.90 Å². The number of carbonyl (C=O) groups excluding carboxylic acids is 1. The highest BCUT2D eigenvalue weighted by molar-refractivity contribution is 5.78. The zero-order chi connectivity index (χ0) is 14.5. The molecule has 20 heavy (non-hydrogen) atoms. The highest BCUT2D eigenvalue weighted by atomic mass is 19.3. The van der Waals surface area contributed by atoms with Gasteiger partial charge in [0.2, 0.25) is 11.8 Å². The van der Waals surface area contributed by atoms with E-state index in [9.17, 15) is 13.6 Å². The van der Waals surface area contributed by atoms with Crippen molar-refractivity contribution in [3.63, 3.8) is 0 Å². The number of piperidine rings is 1. The van der Waals surface area contributed by atoms with E-state index in [1.165, 1.54) is 0 Å². The van der Waals surface area contributed by atoms with Crippen LogP contribution in [-0.2, 0) is 4.79 Å². The maximum atomic E-state index is 13.1. The van der Waals surface area contributed by atoms with Gasteiger partial charge in [-0.25, -0.2) is 8.78 Å². The average molecular weight is 281 g/mol. The van der Waals surface area contributed by atoms with Gasteiger partial charge in [-0.1, -0.05) is 12.8 Å². The number of hydrogen-bond acceptors (Lipinski definition) is 1. The Hall–Kier alpha value is -1.11. The minimum Gasteiger partial charge on any atom is -0.325 e. The molecule has 1 aliphatic heterocycles. The highest BCUT2D eigenvalue weighted by Gasteiger charge is 2.59. The number of hydrogen-bond donors (Lipinski definition) is 0. The number of halogens is 2. The van der Waals surface area contributed by atoms with Gasteiger partial charge in [-0.3, -0.25) is 4.79 Å². The van der Waals surface area contributed by atoms with Crippen molar-refractivity contribution in [2.75, 3.05) is 0 Å². The molecule has 4 atom stereocenters. The summed E-state index contributed by atoms with van der Waals surface area (Å²) < 4.78 is 26.3. The smallest absolute Gasteiger partial charge is 0.248 e. The molecule has 0 aromatic rings. The van der Waals surface area contributed by atoms with Gasteiger partial charge in [-0.2, -0.15) is 0 Å². The molecule has 3 aliphatic rings. The van der Waals surface area contributed by atoms with Crippen molar-refractivity contribution in [1.82, 2.24) is 4.90 Å². The predicted octanol–water partition coefficient (Wildman–Crippen LogP) is 3.07. The van der Waals surface area contributed by atoms with E-state index < -0.39 is 5.92 Å². The normalized spacial score (nSPS) is 39.2. The van der Waals surface area contributed by atoms with Crippen molar-refractivity contribution in [3.05, 3.63) is 0 Å². The third-order valence-corrected chi connectivity index (χ3v) is 5.44. The Balaban J connectivity index is 1.58. The lowest BCUT2D eigenvalue weighted by Gasteiger charge is -2.31. The maximum Gasteiger partial charge on any atom is 0.248 e. The topological polar surface area (TPSA) is 20.3 Å². The molecule has 0 radical (unpaired) electrons. The minimum atomic E-state index is -2.52. The number of nitrogens with zero attached hydrogens (tertiary/aromatic N) is 1. The highest BCUT2D eigenvalue weighted by Crippen LogP contribution is 2.53. The van der Waals surface area contributed by atoms with Gasteiger partial charge in [0, 0.05) is 25.3 Å². The van der Waals surface area contributed by atoms with Crippen LogP contribution in [-0.4, -0.2) is 28.8 Å². The van der Waals surface area contributed by atoms with E-state index in [2.05, 4.69) is 12.8 Å². The maximum absolute atomic E-state index is 13.1. The van der Waals surface area contributed by atoms with Crippen LogP contribution in [0.3, 0.4) is 0 Å². The van der Waals surface area contributed by atoms with Crippen LogP contribution >= 0.6 is 0 Å². The third kappa shape index (κ3) is 2.32. The molecular formula is C16H21F2NO. The van der Waals surface area contributed by atoms with Crippen molar-refractivity contribution in [2.45, 2.75) is 63.5 Å². The molecular weight excluding hydrogens is 260 g/mol. The molecule has 0 N–H and O–H groups in total. The van der Waals surface area contributed by atoms with Gasteiger partial charge in [0.05, 0.1) is 6.04 Å². The van der Waals surface area contributed by atoms with Crippen molar-refractivity contribution in [1.29, 1.82) is 0 Å². The van der Waals surface area contributed by atoms with Gasteiger partial charge in [0.15, 0.2) is 0 Å². The monoisotopic (exact) mass is 281 g/mol. The summed E-state index contributed by atoms with van der Waals surface area (Å²) >= 11 is 0. The summed E-state index contributed by atoms with van der Waals surface area (Å²) in [6, 6.07) is 0.243. The van der Waals surface area contributed by atoms with E-state index in [4.69, 9.17) is 6.42 Å². The van der Waals surface area contributed by atoms with Crippen LogP contribution in [0.1, 0.15) is 45.4 Å². The molecule has 2 nitrogen and oxygen atoms in total. The predicted molar refractivity (Wildman–Crippen MR) is 72.0 cm³/mol. The van der Waals surface area contributed by atoms with Crippen molar-refractivity contribution in [2.24, 2.45) is 17.8 Å². The summed E-state index contributed by atoms with van der Waals surface area (Å²) in [6.45, 7) is 2.16. The lowest BCUT2D eigenvalue weighted by atomic mass is 9.84. The standard InChI is InChI=1S/C16H21F2NO/c1-3-12-9-13-10(2)15(13)19(12)14(20)8-11-4-6-16(17,18)7-5-11/h1,10-13,15H,4-9H2,2H3. The fraction of sp³-hybridized carbons (Fsp3) is 0.812. The molecule has 1 saturated heterocycles. The Morgan fingerprint density at radius 2 is 2.05 bits per heavy atom. The molecule has 3 fully saturated rings. The second kappa shape index (κ2) is 4.72. The first-order chi connectivity index (χ1) is 9.43. The van der Waals surface area contributed by atoms with Crippen molar-refractivity contribution >= 4 is 5.91 Å². The van der Waals surface area contributed by atoms with Crippen LogP contribution in [0.2, 0.25) is 0 Å². The number of amides is 1. The fourth-order valence-electron chi connectivity index (χ4n) is 4.06. The number of likely N-dealkylation sites (tertiary alicyclic amines) is 1. The summed E-state index contributed by atoms with van der Waals surface area (Å²) in [5.74, 6) is 1.50. The van der Waals surface area contributed by atoms with Gasteiger partial charge in [0.25, 0.3) is 0 Å². The molecule has 110 valence electrons. The van der Waals surface area contributed by atoms with Crippen molar-refractivity contribution in [3.8, 4) is 12.3 Å². The Morgan fingerprint density at radius 1 is 1.40 bits per heavy atom. The molecule has 4 heteroatoms. The molecule has 4 unspecified atom stereocenters. The molecule has 1 amide bonds. The van der Waals surface area contributed by atoms with Gasteiger partial charge in [-0.05, 0) is 37.0 Å². The van der Waals surface area contributed by atoms with Crippen LogP contribution in [0.25, 0.3) is 0 Å². The molecule has 3 rings (SSSR count). The van der Waals surface area contributed by atoms with Crippen LogP contribution in [0.5, 0.6) is 0 Å². The second-order valence-corrected chi connectivity index (χ2v) is 6.74. The van der Waals surface area contributed by atoms with E-state index >= 15 is 0 Å². The van der Waals surface area contributed by atoms with E-state index in [0.717, 1.165) is 6.42 Å². The first kappa shape index (κ1) is 13.9. The molecule has 0 aromatic carbocycles. The molecule has 0 aromatic heterocycles. The number of carbonyl (C=O) groups is 1. The van der Waals surface area contributed by atoms with Crippen molar-refractivity contribution < 1.29 is 13.6 Å². The lowest BCUT2D eigenvalue weighted by Crippen LogP contribution is -2.40. The summed E-state index contributed by atoms with van der Waals surface area (Å²) in [6.07, 6.45) is 7.58. The molecule has 2 saturated carbocycles. The summed E-state index contributed by atoms with van der Waals surface area (Å²) in [7, 11) is 0. The van der Waals surface area contributed by atoms with Gasteiger partial charge in [0.1, 0.15) is 0 Å². The number of fused-ring (bicyclic) bond motifs is 1. The number of terminal acetylenes is 1. The average Bonchev–Trinajstić information content (AvgIpc) is 2.87.